The number of nitrogens with one attached hydrogen (secondary N) is 1. The summed E-state index contributed by atoms with van der Waals surface area (Å²) in [5.74, 6) is -0.348. The SMILES string of the molecule is O=C(CN1CCOC(c2cccc(F)c2)C1)NCCc1cccc(Cl)c1Cl. The predicted molar refractivity (Wildman–Crippen MR) is 105 cm³/mol. The van der Waals surface area contributed by atoms with Crippen LogP contribution in [0.25, 0.3) is 0 Å². The molecule has 0 aliphatic carbocycles. The first-order valence-corrected chi connectivity index (χ1v) is 9.57. The lowest BCUT2D eigenvalue weighted by Gasteiger charge is -2.32. The average Bonchev–Trinajstić information content (AvgIpc) is 2.65. The van der Waals surface area contributed by atoms with Crippen molar-refractivity contribution in [3.05, 3.63) is 69.5 Å². The molecule has 0 saturated carbocycles. The summed E-state index contributed by atoms with van der Waals surface area (Å²) < 4.78 is 19.1. The minimum atomic E-state index is -0.286. The summed E-state index contributed by atoms with van der Waals surface area (Å²) in [5, 5.41) is 3.94. The van der Waals surface area contributed by atoms with Gasteiger partial charge in [0.1, 0.15) is 5.82 Å². The number of morpholine rings is 1. The van der Waals surface area contributed by atoms with Gasteiger partial charge in [0.15, 0.2) is 0 Å². The van der Waals surface area contributed by atoms with Gasteiger partial charge in [0.2, 0.25) is 5.91 Å². The molecule has 0 aromatic heterocycles. The fourth-order valence-corrected chi connectivity index (χ4v) is 3.51. The zero-order valence-electron chi connectivity index (χ0n) is 14.8. The van der Waals surface area contributed by atoms with Gasteiger partial charge in [0.25, 0.3) is 0 Å². The summed E-state index contributed by atoms with van der Waals surface area (Å²) >= 11 is 12.2. The third kappa shape index (κ3) is 5.66. The van der Waals surface area contributed by atoms with Crippen LogP contribution in [0.3, 0.4) is 0 Å². The predicted octanol–water partition coefficient (Wildman–Crippen LogP) is 3.86. The van der Waals surface area contributed by atoms with Crippen LogP contribution in [0.15, 0.2) is 42.5 Å². The smallest absolute Gasteiger partial charge is 0.234 e. The van der Waals surface area contributed by atoms with Crippen molar-refractivity contribution in [2.45, 2.75) is 12.5 Å². The standard InChI is InChI=1S/C20H21Cl2FN2O2/c21-17-6-2-3-14(20(17)22)7-8-24-19(26)13-25-9-10-27-18(12-25)15-4-1-5-16(23)11-15/h1-6,11,18H,7-10,12-13H2,(H,24,26). The van der Waals surface area contributed by atoms with Gasteiger partial charge in [0.05, 0.1) is 29.3 Å². The molecular formula is C20H21Cl2FN2O2. The van der Waals surface area contributed by atoms with Crippen LogP contribution in [0.5, 0.6) is 0 Å². The Morgan fingerprint density at radius 2 is 2.07 bits per heavy atom. The maximum absolute atomic E-state index is 13.4. The molecule has 1 unspecified atom stereocenters. The van der Waals surface area contributed by atoms with E-state index in [0.29, 0.717) is 42.7 Å². The van der Waals surface area contributed by atoms with Crippen LogP contribution < -0.4 is 5.32 Å². The van der Waals surface area contributed by atoms with Crippen molar-refractivity contribution in [3.63, 3.8) is 0 Å². The molecule has 1 heterocycles. The molecule has 1 amide bonds. The fraction of sp³-hybridized carbons (Fsp3) is 0.350. The first-order chi connectivity index (χ1) is 13.0. The largest absolute Gasteiger partial charge is 0.371 e. The molecule has 4 nitrogen and oxygen atoms in total. The van der Waals surface area contributed by atoms with Crippen LogP contribution in [0, 0.1) is 5.82 Å². The van der Waals surface area contributed by atoms with Gasteiger partial charge in [-0.2, -0.15) is 0 Å². The molecule has 1 N–H and O–H groups in total. The van der Waals surface area contributed by atoms with Crippen molar-refractivity contribution in [3.8, 4) is 0 Å². The van der Waals surface area contributed by atoms with Gasteiger partial charge in [-0.05, 0) is 35.7 Å². The van der Waals surface area contributed by atoms with E-state index in [1.54, 1.807) is 12.1 Å². The highest BCUT2D eigenvalue weighted by Gasteiger charge is 2.23. The Bertz CT molecular complexity index is 803. The highest BCUT2D eigenvalue weighted by molar-refractivity contribution is 6.42. The Morgan fingerprint density at radius 1 is 1.26 bits per heavy atom. The molecule has 1 saturated heterocycles. The molecule has 0 spiro atoms. The summed E-state index contributed by atoms with van der Waals surface area (Å²) in [4.78, 5) is 14.3. The monoisotopic (exact) mass is 410 g/mol. The molecule has 1 aliphatic rings. The van der Waals surface area contributed by atoms with Crippen molar-refractivity contribution in [1.29, 1.82) is 0 Å². The van der Waals surface area contributed by atoms with E-state index in [0.717, 1.165) is 11.1 Å². The Hall–Kier alpha value is -1.66. The molecule has 1 fully saturated rings. The number of halogens is 3. The van der Waals surface area contributed by atoms with Crippen molar-refractivity contribution >= 4 is 29.1 Å². The molecule has 3 rings (SSSR count). The van der Waals surface area contributed by atoms with Crippen LogP contribution in [-0.4, -0.2) is 43.6 Å². The zero-order valence-corrected chi connectivity index (χ0v) is 16.3. The van der Waals surface area contributed by atoms with Crippen molar-refractivity contribution < 1.29 is 13.9 Å². The number of hydrogen-bond acceptors (Lipinski definition) is 3. The van der Waals surface area contributed by atoms with Gasteiger partial charge in [0, 0.05) is 19.6 Å². The number of amides is 1. The molecule has 2 aromatic rings. The fourth-order valence-electron chi connectivity index (χ4n) is 3.09. The lowest BCUT2D eigenvalue weighted by atomic mass is 10.1. The highest BCUT2D eigenvalue weighted by Crippen LogP contribution is 2.25. The molecule has 1 atom stereocenters. The van der Waals surface area contributed by atoms with Crippen LogP contribution in [-0.2, 0) is 16.0 Å². The van der Waals surface area contributed by atoms with Crippen LogP contribution in [0.1, 0.15) is 17.2 Å². The van der Waals surface area contributed by atoms with Gasteiger partial charge in [-0.15, -0.1) is 0 Å². The normalized spacial score (nSPS) is 17.7. The lowest BCUT2D eigenvalue weighted by Crippen LogP contribution is -2.44. The zero-order chi connectivity index (χ0) is 19.2. The summed E-state index contributed by atoms with van der Waals surface area (Å²) in [7, 11) is 0. The molecule has 2 aromatic carbocycles. The van der Waals surface area contributed by atoms with Gasteiger partial charge in [-0.1, -0.05) is 47.5 Å². The Kier molecular flexibility index (Phi) is 7.07. The first kappa shape index (κ1) is 20.1. The van der Waals surface area contributed by atoms with E-state index in [9.17, 15) is 9.18 Å². The summed E-state index contributed by atoms with van der Waals surface area (Å²) in [6.45, 7) is 2.48. The third-order valence-electron chi connectivity index (χ3n) is 4.49. The molecule has 27 heavy (non-hydrogen) atoms. The van der Waals surface area contributed by atoms with E-state index in [-0.39, 0.29) is 24.4 Å². The molecular weight excluding hydrogens is 390 g/mol. The number of nitrogens with zero attached hydrogens (tertiary/aromatic N) is 1. The number of hydrogen-bond donors (Lipinski definition) is 1. The first-order valence-electron chi connectivity index (χ1n) is 8.82. The van der Waals surface area contributed by atoms with Crippen LogP contribution in [0.4, 0.5) is 4.39 Å². The molecule has 0 radical (unpaired) electrons. The third-order valence-corrected chi connectivity index (χ3v) is 5.34. The van der Waals surface area contributed by atoms with E-state index >= 15 is 0 Å². The summed E-state index contributed by atoms with van der Waals surface area (Å²) in [6, 6.07) is 11.9. The van der Waals surface area contributed by atoms with Gasteiger partial charge in [-0.25, -0.2) is 4.39 Å². The molecule has 0 bridgehead atoms. The topological polar surface area (TPSA) is 41.6 Å². The number of benzene rings is 2. The van der Waals surface area contributed by atoms with Crippen LogP contribution >= 0.6 is 23.2 Å². The van der Waals surface area contributed by atoms with E-state index < -0.39 is 0 Å². The minimum absolute atomic E-state index is 0.0620. The van der Waals surface area contributed by atoms with Crippen molar-refractivity contribution in [2.75, 3.05) is 32.8 Å². The summed E-state index contributed by atoms with van der Waals surface area (Å²) in [6.07, 6.45) is 0.382. The minimum Gasteiger partial charge on any atom is -0.371 e. The molecule has 7 heteroatoms. The molecule has 144 valence electrons. The van der Waals surface area contributed by atoms with Gasteiger partial charge < -0.3 is 10.1 Å². The van der Waals surface area contributed by atoms with E-state index in [1.807, 2.05) is 23.1 Å². The number of ether oxygens (including phenoxy) is 1. The number of carbonyl (C=O) groups excluding carboxylic acids is 1. The molecule has 1 aliphatic heterocycles. The van der Waals surface area contributed by atoms with E-state index in [1.165, 1.54) is 12.1 Å². The Balaban J connectivity index is 1.47. The summed E-state index contributed by atoms with van der Waals surface area (Å²) in [5.41, 5.74) is 1.69. The highest BCUT2D eigenvalue weighted by atomic mass is 35.5. The van der Waals surface area contributed by atoms with Gasteiger partial charge >= 0.3 is 0 Å². The Labute approximate surface area is 168 Å². The maximum atomic E-state index is 13.4. The van der Waals surface area contributed by atoms with Crippen LogP contribution in [0.2, 0.25) is 10.0 Å². The second-order valence-corrected chi connectivity index (χ2v) is 7.25. The average molecular weight is 411 g/mol. The Morgan fingerprint density at radius 3 is 2.89 bits per heavy atom. The van der Waals surface area contributed by atoms with E-state index in [2.05, 4.69) is 5.32 Å². The van der Waals surface area contributed by atoms with Crippen molar-refractivity contribution in [2.24, 2.45) is 0 Å². The lowest BCUT2D eigenvalue weighted by molar-refractivity contribution is -0.124. The second kappa shape index (κ2) is 9.51. The van der Waals surface area contributed by atoms with E-state index in [4.69, 9.17) is 27.9 Å². The quantitative estimate of drug-likeness (QED) is 0.785. The second-order valence-electron chi connectivity index (χ2n) is 6.46. The van der Waals surface area contributed by atoms with Crippen molar-refractivity contribution in [1.82, 2.24) is 10.2 Å². The maximum Gasteiger partial charge on any atom is 0.234 e. The number of rotatable bonds is 6. The number of carbonyl (C=O) groups is 1. The van der Waals surface area contributed by atoms with Gasteiger partial charge in [-0.3, -0.25) is 9.69 Å².